The minimum Gasteiger partial charge on any atom is -0.478 e. The summed E-state index contributed by atoms with van der Waals surface area (Å²) in [6.07, 6.45) is 3.39. The second-order valence-electron chi connectivity index (χ2n) is 4.14. The molecule has 2 aromatic rings. The van der Waals surface area contributed by atoms with E-state index in [1.807, 2.05) is 6.92 Å². The van der Waals surface area contributed by atoms with Gasteiger partial charge in [-0.25, -0.2) is 9.78 Å². The summed E-state index contributed by atoms with van der Waals surface area (Å²) in [4.78, 5) is 23.4. The fraction of sp³-hybridized carbons (Fsp3) is 0.231. The molecule has 0 saturated heterocycles. The summed E-state index contributed by atoms with van der Waals surface area (Å²) in [5.41, 5.74) is 2.35. The Kier molecular flexibility index (Phi) is 3.70. The summed E-state index contributed by atoms with van der Waals surface area (Å²) in [6.45, 7) is 4.03. The Morgan fingerprint density at radius 2 is 2.05 bits per heavy atom. The second-order valence-corrected chi connectivity index (χ2v) is 4.14. The van der Waals surface area contributed by atoms with E-state index in [9.17, 15) is 4.79 Å². The zero-order valence-corrected chi connectivity index (χ0v) is 10.7. The molecule has 98 valence electrons. The molecule has 19 heavy (non-hydrogen) atoms. The van der Waals surface area contributed by atoms with Gasteiger partial charge in [-0.1, -0.05) is 0 Å². The minimum atomic E-state index is -0.971. The van der Waals surface area contributed by atoms with Crippen molar-refractivity contribution in [2.24, 2.45) is 0 Å². The summed E-state index contributed by atoms with van der Waals surface area (Å²) < 4.78 is 0. The molecule has 0 amide bonds. The number of hydrogen-bond donors (Lipinski definition) is 2. The molecule has 0 unspecified atom stereocenters. The fourth-order valence-electron chi connectivity index (χ4n) is 1.58. The quantitative estimate of drug-likeness (QED) is 0.869. The Labute approximate surface area is 110 Å². The Morgan fingerprint density at radius 3 is 2.63 bits per heavy atom. The first-order chi connectivity index (χ1) is 9.06. The lowest BCUT2D eigenvalue weighted by molar-refractivity contribution is 0.0695. The summed E-state index contributed by atoms with van der Waals surface area (Å²) in [5.74, 6) is -0.356. The zero-order chi connectivity index (χ0) is 13.8. The zero-order valence-electron chi connectivity index (χ0n) is 10.7. The molecule has 0 aromatic carbocycles. The van der Waals surface area contributed by atoms with Gasteiger partial charge in [0.05, 0.1) is 35.4 Å². The van der Waals surface area contributed by atoms with E-state index < -0.39 is 5.97 Å². The van der Waals surface area contributed by atoms with Gasteiger partial charge < -0.3 is 10.4 Å². The number of nitrogens with zero attached hydrogens (tertiary/aromatic N) is 3. The molecular weight excluding hydrogens is 244 g/mol. The van der Waals surface area contributed by atoms with Crippen molar-refractivity contribution >= 4 is 11.8 Å². The summed E-state index contributed by atoms with van der Waals surface area (Å²) in [7, 11) is 0. The minimum absolute atomic E-state index is 0.209. The van der Waals surface area contributed by atoms with Crippen molar-refractivity contribution in [3.63, 3.8) is 0 Å². The normalized spacial score (nSPS) is 10.2. The van der Waals surface area contributed by atoms with E-state index in [2.05, 4.69) is 20.3 Å². The van der Waals surface area contributed by atoms with Gasteiger partial charge in [0, 0.05) is 6.20 Å². The average molecular weight is 258 g/mol. The summed E-state index contributed by atoms with van der Waals surface area (Å²) in [6, 6.07) is 3.17. The molecule has 2 rings (SSSR count). The van der Waals surface area contributed by atoms with Gasteiger partial charge in [-0.2, -0.15) is 0 Å². The molecule has 0 aliphatic heterocycles. The third-order valence-corrected chi connectivity index (χ3v) is 2.60. The Hall–Kier alpha value is -2.50. The molecule has 0 atom stereocenters. The average Bonchev–Trinajstić information content (AvgIpc) is 2.37. The lowest BCUT2D eigenvalue weighted by Crippen LogP contribution is -2.07. The van der Waals surface area contributed by atoms with E-state index in [1.54, 1.807) is 25.4 Å². The Morgan fingerprint density at radius 1 is 1.26 bits per heavy atom. The molecule has 0 aliphatic rings. The SMILES string of the molecule is Cc1cnc(CNc2ccc(C(=O)O)c(C)n2)cn1. The van der Waals surface area contributed by atoms with Gasteiger partial charge in [0.25, 0.3) is 0 Å². The highest BCUT2D eigenvalue weighted by molar-refractivity contribution is 5.89. The molecule has 2 aromatic heterocycles. The maximum Gasteiger partial charge on any atom is 0.337 e. The van der Waals surface area contributed by atoms with E-state index in [4.69, 9.17) is 5.11 Å². The Balaban J connectivity index is 2.06. The number of carboxylic acid groups (broad SMARTS) is 1. The fourth-order valence-corrected chi connectivity index (χ4v) is 1.58. The smallest absolute Gasteiger partial charge is 0.337 e. The largest absolute Gasteiger partial charge is 0.478 e. The van der Waals surface area contributed by atoms with Crippen LogP contribution in [-0.4, -0.2) is 26.0 Å². The van der Waals surface area contributed by atoms with Gasteiger partial charge >= 0.3 is 5.97 Å². The first-order valence-electron chi connectivity index (χ1n) is 5.78. The molecule has 0 saturated carbocycles. The van der Waals surface area contributed by atoms with E-state index in [0.717, 1.165) is 11.4 Å². The molecule has 6 heteroatoms. The van der Waals surface area contributed by atoms with Crippen molar-refractivity contribution < 1.29 is 9.90 Å². The van der Waals surface area contributed by atoms with Gasteiger partial charge in [0.1, 0.15) is 5.82 Å². The van der Waals surface area contributed by atoms with Gasteiger partial charge in [-0.15, -0.1) is 0 Å². The highest BCUT2D eigenvalue weighted by Gasteiger charge is 2.08. The monoisotopic (exact) mass is 258 g/mol. The van der Waals surface area contributed by atoms with Crippen LogP contribution >= 0.6 is 0 Å². The van der Waals surface area contributed by atoms with Crippen LogP contribution in [0.15, 0.2) is 24.5 Å². The van der Waals surface area contributed by atoms with Crippen molar-refractivity contribution in [2.45, 2.75) is 20.4 Å². The number of aromatic nitrogens is 3. The molecule has 2 N–H and O–H groups in total. The van der Waals surface area contributed by atoms with Gasteiger partial charge in [0.2, 0.25) is 0 Å². The summed E-state index contributed by atoms with van der Waals surface area (Å²) in [5, 5.41) is 12.0. The number of rotatable bonds is 4. The number of aryl methyl sites for hydroxylation is 2. The third kappa shape index (κ3) is 3.25. The highest BCUT2D eigenvalue weighted by atomic mass is 16.4. The molecule has 0 bridgehead atoms. The van der Waals surface area contributed by atoms with Crippen molar-refractivity contribution in [2.75, 3.05) is 5.32 Å². The third-order valence-electron chi connectivity index (χ3n) is 2.60. The van der Waals surface area contributed by atoms with Crippen LogP contribution < -0.4 is 5.32 Å². The maximum absolute atomic E-state index is 10.9. The van der Waals surface area contributed by atoms with Gasteiger partial charge in [-0.05, 0) is 26.0 Å². The standard InChI is InChI=1S/C13H14N4O2/c1-8-5-15-10(6-14-8)7-16-12-4-3-11(13(18)19)9(2)17-12/h3-6H,7H2,1-2H3,(H,16,17)(H,18,19). The first-order valence-corrected chi connectivity index (χ1v) is 5.78. The molecule has 0 fully saturated rings. The number of nitrogens with one attached hydrogen (secondary N) is 1. The number of hydrogen-bond acceptors (Lipinski definition) is 5. The lowest BCUT2D eigenvalue weighted by atomic mass is 10.2. The molecule has 0 spiro atoms. The Bertz CT molecular complexity index is 596. The van der Waals surface area contributed by atoms with Crippen molar-refractivity contribution in [1.82, 2.24) is 15.0 Å². The number of aromatic carboxylic acids is 1. The van der Waals surface area contributed by atoms with Crippen LogP contribution in [0.3, 0.4) is 0 Å². The predicted molar refractivity (Wildman–Crippen MR) is 70.0 cm³/mol. The number of anilines is 1. The van der Waals surface area contributed by atoms with Crippen LogP contribution in [0.5, 0.6) is 0 Å². The lowest BCUT2D eigenvalue weighted by Gasteiger charge is -2.07. The summed E-state index contributed by atoms with van der Waals surface area (Å²) >= 11 is 0. The van der Waals surface area contributed by atoms with Crippen LogP contribution in [0.1, 0.15) is 27.4 Å². The number of carbonyl (C=O) groups is 1. The molecule has 2 heterocycles. The van der Waals surface area contributed by atoms with Crippen LogP contribution in [-0.2, 0) is 6.54 Å². The number of pyridine rings is 1. The number of carboxylic acids is 1. The highest BCUT2D eigenvalue weighted by Crippen LogP contribution is 2.11. The van der Waals surface area contributed by atoms with Crippen molar-refractivity contribution in [3.05, 3.63) is 47.2 Å². The second kappa shape index (κ2) is 5.43. The molecule has 0 aliphatic carbocycles. The molecule has 0 radical (unpaired) electrons. The van der Waals surface area contributed by atoms with Crippen molar-refractivity contribution in [1.29, 1.82) is 0 Å². The molecular formula is C13H14N4O2. The molecule has 6 nitrogen and oxygen atoms in total. The van der Waals surface area contributed by atoms with Crippen LogP contribution in [0, 0.1) is 13.8 Å². The van der Waals surface area contributed by atoms with E-state index in [1.165, 1.54) is 6.07 Å². The topological polar surface area (TPSA) is 88.0 Å². The van der Waals surface area contributed by atoms with Crippen LogP contribution in [0.25, 0.3) is 0 Å². The maximum atomic E-state index is 10.9. The van der Waals surface area contributed by atoms with Gasteiger partial charge in [0.15, 0.2) is 0 Å². The van der Waals surface area contributed by atoms with Crippen LogP contribution in [0.4, 0.5) is 5.82 Å². The predicted octanol–water partition coefficient (Wildman–Crippen LogP) is 1.80. The van der Waals surface area contributed by atoms with E-state index >= 15 is 0 Å². The van der Waals surface area contributed by atoms with E-state index in [-0.39, 0.29) is 5.56 Å². The first kappa shape index (κ1) is 12.9. The van der Waals surface area contributed by atoms with Gasteiger partial charge in [-0.3, -0.25) is 9.97 Å². The van der Waals surface area contributed by atoms with E-state index in [0.29, 0.717) is 18.1 Å². The van der Waals surface area contributed by atoms with Crippen LogP contribution in [0.2, 0.25) is 0 Å². The van der Waals surface area contributed by atoms with Crippen molar-refractivity contribution in [3.8, 4) is 0 Å².